The highest BCUT2D eigenvalue weighted by Crippen LogP contribution is 2.26. The minimum Gasteiger partial charge on any atom is -0.405 e. The standard InChI is InChI=1S/C14H16F3N3O/c1-10(2)20-9-12(8-19-20)18-7-11-5-3-4-6-13(11)21-14(15,16)17/h3-6,8-10,18H,7H2,1-2H3. The number of benzene rings is 1. The first-order valence-corrected chi connectivity index (χ1v) is 6.47. The number of hydrogen-bond donors (Lipinski definition) is 1. The van der Waals surface area contributed by atoms with E-state index in [9.17, 15) is 13.2 Å². The number of ether oxygens (including phenoxy) is 1. The number of halogens is 3. The second-order valence-corrected chi connectivity index (χ2v) is 4.81. The quantitative estimate of drug-likeness (QED) is 0.908. The van der Waals surface area contributed by atoms with Gasteiger partial charge < -0.3 is 10.1 Å². The normalized spacial score (nSPS) is 11.7. The molecule has 1 aromatic carbocycles. The topological polar surface area (TPSA) is 39.1 Å². The molecule has 114 valence electrons. The second-order valence-electron chi connectivity index (χ2n) is 4.81. The molecule has 0 aliphatic heterocycles. The first kappa shape index (κ1) is 15.2. The third-order valence-corrected chi connectivity index (χ3v) is 2.81. The number of anilines is 1. The summed E-state index contributed by atoms with van der Waals surface area (Å²) in [5, 5.41) is 7.18. The molecule has 4 nitrogen and oxygen atoms in total. The lowest BCUT2D eigenvalue weighted by atomic mass is 10.2. The highest BCUT2D eigenvalue weighted by molar-refractivity contribution is 5.42. The molecular weight excluding hydrogens is 283 g/mol. The average Bonchev–Trinajstić information content (AvgIpc) is 2.85. The molecule has 0 spiro atoms. The SMILES string of the molecule is CC(C)n1cc(NCc2ccccc2OC(F)(F)F)cn1. The maximum atomic E-state index is 12.3. The third kappa shape index (κ3) is 4.40. The largest absolute Gasteiger partial charge is 0.573 e. The summed E-state index contributed by atoms with van der Waals surface area (Å²) in [5.41, 5.74) is 1.16. The van der Waals surface area contributed by atoms with Gasteiger partial charge in [0, 0.05) is 24.3 Å². The first-order chi connectivity index (χ1) is 9.85. The van der Waals surface area contributed by atoms with Gasteiger partial charge in [0.2, 0.25) is 0 Å². The fourth-order valence-electron chi connectivity index (χ4n) is 1.78. The second kappa shape index (κ2) is 6.07. The minimum atomic E-state index is -4.70. The van der Waals surface area contributed by atoms with Crippen LogP contribution in [-0.2, 0) is 6.54 Å². The number of nitrogens with zero attached hydrogens (tertiary/aromatic N) is 2. The van der Waals surface area contributed by atoms with Crippen molar-refractivity contribution in [2.75, 3.05) is 5.32 Å². The summed E-state index contributed by atoms with van der Waals surface area (Å²) in [5.74, 6) is -0.200. The van der Waals surface area contributed by atoms with Crippen molar-refractivity contribution in [1.82, 2.24) is 9.78 Å². The van der Waals surface area contributed by atoms with Gasteiger partial charge in [0.1, 0.15) is 5.75 Å². The molecule has 0 fully saturated rings. The Kier molecular flexibility index (Phi) is 4.40. The number of hydrogen-bond acceptors (Lipinski definition) is 3. The summed E-state index contributed by atoms with van der Waals surface area (Å²) in [4.78, 5) is 0. The molecule has 0 unspecified atom stereocenters. The number of aromatic nitrogens is 2. The van der Waals surface area contributed by atoms with Crippen molar-refractivity contribution >= 4 is 5.69 Å². The Morgan fingerprint density at radius 1 is 1.29 bits per heavy atom. The Bertz CT molecular complexity index is 593. The van der Waals surface area contributed by atoms with E-state index in [1.54, 1.807) is 29.2 Å². The van der Waals surface area contributed by atoms with Crippen molar-refractivity contribution in [2.45, 2.75) is 32.8 Å². The van der Waals surface area contributed by atoms with Crippen LogP contribution >= 0.6 is 0 Å². The van der Waals surface area contributed by atoms with Crippen molar-refractivity contribution < 1.29 is 17.9 Å². The van der Waals surface area contributed by atoms with Crippen LogP contribution in [-0.4, -0.2) is 16.1 Å². The summed E-state index contributed by atoms with van der Waals surface area (Å²) in [6.07, 6.45) is -1.26. The Morgan fingerprint density at radius 2 is 2.00 bits per heavy atom. The Labute approximate surface area is 120 Å². The lowest BCUT2D eigenvalue weighted by Crippen LogP contribution is -2.18. The molecule has 0 bridgehead atoms. The summed E-state index contributed by atoms with van der Waals surface area (Å²) in [6, 6.07) is 6.27. The van der Waals surface area contributed by atoms with E-state index in [1.807, 2.05) is 13.8 Å². The number of para-hydroxylation sites is 1. The molecule has 2 rings (SSSR count). The van der Waals surface area contributed by atoms with Crippen LogP contribution in [0.3, 0.4) is 0 Å². The van der Waals surface area contributed by atoms with Crippen LogP contribution in [0.15, 0.2) is 36.7 Å². The molecule has 21 heavy (non-hydrogen) atoms. The van der Waals surface area contributed by atoms with Gasteiger partial charge >= 0.3 is 6.36 Å². The van der Waals surface area contributed by atoms with Gasteiger partial charge in [-0.05, 0) is 19.9 Å². The molecule has 1 heterocycles. The predicted octanol–water partition coefficient (Wildman–Crippen LogP) is 3.97. The van der Waals surface area contributed by atoms with Crippen LogP contribution in [0.5, 0.6) is 5.75 Å². The van der Waals surface area contributed by atoms with E-state index in [1.165, 1.54) is 12.1 Å². The van der Waals surface area contributed by atoms with E-state index >= 15 is 0 Å². The van der Waals surface area contributed by atoms with Crippen molar-refractivity contribution in [3.63, 3.8) is 0 Å². The van der Waals surface area contributed by atoms with Crippen LogP contribution in [0.1, 0.15) is 25.5 Å². The van der Waals surface area contributed by atoms with Crippen molar-refractivity contribution in [3.05, 3.63) is 42.2 Å². The van der Waals surface area contributed by atoms with E-state index < -0.39 is 6.36 Å². The first-order valence-electron chi connectivity index (χ1n) is 6.47. The highest BCUT2D eigenvalue weighted by Gasteiger charge is 2.31. The molecule has 1 N–H and O–H groups in total. The molecular formula is C14H16F3N3O. The summed E-state index contributed by atoms with van der Waals surface area (Å²) < 4.78 is 42.7. The van der Waals surface area contributed by atoms with Gasteiger partial charge in [-0.25, -0.2) is 0 Å². The van der Waals surface area contributed by atoms with Gasteiger partial charge in [0.25, 0.3) is 0 Å². The van der Waals surface area contributed by atoms with Gasteiger partial charge in [-0.2, -0.15) is 5.10 Å². The van der Waals surface area contributed by atoms with Crippen molar-refractivity contribution in [1.29, 1.82) is 0 Å². The zero-order valence-corrected chi connectivity index (χ0v) is 11.7. The Hall–Kier alpha value is -2.18. The smallest absolute Gasteiger partial charge is 0.405 e. The van der Waals surface area contributed by atoms with E-state index in [-0.39, 0.29) is 18.3 Å². The van der Waals surface area contributed by atoms with Crippen molar-refractivity contribution in [3.8, 4) is 5.75 Å². The Morgan fingerprint density at radius 3 is 2.62 bits per heavy atom. The van der Waals surface area contributed by atoms with E-state index in [2.05, 4.69) is 15.2 Å². The minimum absolute atomic E-state index is 0.200. The fourth-order valence-corrected chi connectivity index (χ4v) is 1.78. The van der Waals surface area contributed by atoms with Crippen LogP contribution in [0.2, 0.25) is 0 Å². The Balaban J connectivity index is 2.05. The highest BCUT2D eigenvalue weighted by atomic mass is 19.4. The molecule has 0 atom stereocenters. The fraction of sp³-hybridized carbons (Fsp3) is 0.357. The van der Waals surface area contributed by atoms with Gasteiger partial charge in [0.15, 0.2) is 0 Å². The maximum absolute atomic E-state index is 12.3. The monoisotopic (exact) mass is 299 g/mol. The molecule has 0 amide bonds. The van der Waals surface area contributed by atoms with E-state index in [0.29, 0.717) is 5.56 Å². The van der Waals surface area contributed by atoms with Gasteiger partial charge in [-0.15, -0.1) is 13.2 Å². The zero-order chi connectivity index (χ0) is 15.5. The maximum Gasteiger partial charge on any atom is 0.573 e. The molecule has 0 saturated carbocycles. The molecule has 0 aliphatic rings. The van der Waals surface area contributed by atoms with Crippen LogP contribution in [0, 0.1) is 0 Å². The molecule has 2 aromatic rings. The average molecular weight is 299 g/mol. The molecule has 0 aliphatic carbocycles. The number of rotatable bonds is 5. The summed E-state index contributed by atoms with van der Waals surface area (Å²) in [6.45, 7) is 4.20. The predicted molar refractivity (Wildman–Crippen MR) is 73.1 cm³/mol. The van der Waals surface area contributed by atoms with Crippen molar-refractivity contribution in [2.24, 2.45) is 0 Å². The lowest BCUT2D eigenvalue weighted by molar-refractivity contribution is -0.274. The lowest BCUT2D eigenvalue weighted by Gasteiger charge is -2.13. The van der Waals surface area contributed by atoms with Gasteiger partial charge in [0.05, 0.1) is 11.9 Å². The van der Waals surface area contributed by atoms with Crippen LogP contribution in [0.4, 0.5) is 18.9 Å². The van der Waals surface area contributed by atoms with Gasteiger partial charge in [-0.1, -0.05) is 18.2 Å². The molecule has 0 saturated heterocycles. The summed E-state index contributed by atoms with van der Waals surface area (Å²) >= 11 is 0. The number of alkyl halides is 3. The molecule has 7 heteroatoms. The van der Waals surface area contributed by atoms with E-state index in [4.69, 9.17) is 0 Å². The summed E-state index contributed by atoms with van der Waals surface area (Å²) in [7, 11) is 0. The zero-order valence-electron chi connectivity index (χ0n) is 11.7. The molecule has 1 aromatic heterocycles. The molecule has 0 radical (unpaired) electrons. The number of nitrogens with one attached hydrogen (secondary N) is 1. The van der Waals surface area contributed by atoms with Gasteiger partial charge in [-0.3, -0.25) is 4.68 Å². The third-order valence-electron chi connectivity index (χ3n) is 2.81. The van der Waals surface area contributed by atoms with Crippen LogP contribution < -0.4 is 10.1 Å². The van der Waals surface area contributed by atoms with E-state index in [0.717, 1.165) is 5.69 Å². The van der Waals surface area contributed by atoms with Crippen LogP contribution in [0.25, 0.3) is 0 Å².